The van der Waals surface area contributed by atoms with Gasteiger partial charge in [-0.05, 0) is 19.3 Å². The van der Waals surface area contributed by atoms with E-state index in [-0.39, 0.29) is 0 Å². The molecule has 3 heteroatoms. The van der Waals surface area contributed by atoms with Gasteiger partial charge in [-0.3, -0.25) is 4.90 Å². The summed E-state index contributed by atoms with van der Waals surface area (Å²) < 4.78 is 12.9. The van der Waals surface area contributed by atoms with E-state index in [0.717, 1.165) is 6.54 Å². The molecule has 0 spiro atoms. The van der Waals surface area contributed by atoms with Crippen LogP contribution in [0.25, 0.3) is 0 Å². The van der Waals surface area contributed by atoms with E-state index in [0.29, 0.717) is 19.0 Å². The summed E-state index contributed by atoms with van der Waals surface area (Å²) in [5, 5.41) is 9.10. The Bertz CT molecular complexity index is 149. The maximum Gasteiger partial charge on any atom is 0.139 e. The number of hydrogen-bond acceptors (Lipinski definition) is 2. The van der Waals surface area contributed by atoms with Crippen LogP contribution in [0.5, 0.6) is 0 Å². The van der Waals surface area contributed by atoms with Crippen LogP contribution >= 0.6 is 0 Å². The summed E-state index contributed by atoms with van der Waals surface area (Å²) >= 11 is 0. The molecule has 0 aromatic carbocycles. The largest absolute Gasteiger partial charge is 0.390 e. The highest BCUT2D eigenvalue weighted by molar-refractivity contribution is 4.90. The summed E-state index contributed by atoms with van der Waals surface area (Å²) in [6, 6.07) is 0.640. The van der Waals surface area contributed by atoms with Crippen molar-refractivity contribution in [2.45, 2.75) is 37.6 Å². The highest BCUT2D eigenvalue weighted by Gasteiger charge is 2.35. The number of halogens is 1. The van der Waals surface area contributed by atoms with Crippen LogP contribution in [0.4, 0.5) is 4.39 Å². The van der Waals surface area contributed by atoms with E-state index in [9.17, 15) is 4.39 Å². The Morgan fingerprint density at radius 1 is 1.27 bits per heavy atom. The summed E-state index contributed by atoms with van der Waals surface area (Å²) in [5.41, 5.74) is 0. The molecule has 2 rings (SSSR count). The van der Waals surface area contributed by atoms with Crippen molar-refractivity contribution in [2.75, 3.05) is 13.1 Å². The fraction of sp³-hybridized carbons (Fsp3) is 1.00. The Morgan fingerprint density at radius 2 is 2.00 bits per heavy atom. The van der Waals surface area contributed by atoms with Gasteiger partial charge in [0.15, 0.2) is 0 Å². The monoisotopic (exact) mass is 159 g/mol. The molecule has 2 fully saturated rings. The first kappa shape index (κ1) is 7.50. The van der Waals surface area contributed by atoms with E-state index in [1.54, 1.807) is 0 Å². The topological polar surface area (TPSA) is 23.5 Å². The smallest absolute Gasteiger partial charge is 0.139 e. The zero-order valence-corrected chi connectivity index (χ0v) is 6.54. The van der Waals surface area contributed by atoms with Gasteiger partial charge in [0, 0.05) is 19.1 Å². The van der Waals surface area contributed by atoms with Gasteiger partial charge in [-0.25, -0.2) is 4.39 Å². The Morgan fingerprint density at radius 3 is 2.55 bits per heavy atom. The minimum Gasteiger partial charge on any atom is -0.390 e. The molecule has 0 bridgehead atoms. The molecular formula is C8H14FNO. The summed E-state index contributed by atoms with van der Waals surface area (Å²) in [7, 11) is 0. The standard InChI is InChI=1S/C8H14FNO/c9-7-5-10(6-1-2-6)4-3-8(7)11/h6-8,11H,1-5H2. The van der Waals surface area contributed by atoms with Gasteiger partial charge in [-0.15, -0.1) is 0 Å². The molecule has 0 aromatic heterocycles. The Balaban J connectivity index is 1.86. The lowest BCUT2D eigenvalue weighted by atomic mass is 10.1. The van der Waals surface area contributed by atoms with Gasteiger partial charge in [0.05, 0.1) is 6.10 Å². The Hall–Kier alpha value is -0.150. The zero-order chi connectivity index (χ0) is 7.84. The molecule has 0 radical (unpaired) electrons. The van der Waals surface area contributed by atoms with Crippen molar-refractivity contribution in [3.8, 4) is 0 Å². The number of rotatable bonds is 1. The number of hydrogen-bond donors (Lipinski definition) is 1. The second kappa shape index (κ2) is 2.72. The first-order chi connectivity index (χ1) is 5.27. The molecule has 1 aliphatic heterocycles. The molecule has 2 unspecified atom stereocenters. The second-order valence-electron chi connectivity index (χ2n) is 3.60. The summed E-state index contributed by atoms with van der Waals surface area (Å²) in [5.74, 6) is 0. The molecule has 2 aliphatic rings. The molecule has 11 heavy (non-hydrogen) atoms. The lowest BCUT2D eigenvalue weighted by molar-refractivity contribution is 0.00385. The maximum absolute atomic E-state index is 12.9. The molecule has 1 aliphatic carbocycles. The lowest BCUT2D eigenvalue weighted by Gasteiger charge is -2.32. The number of alkyl halides is 1. The van der Waals surface area contributed by atoms with Crippen LogP contribution in [0, 0.1) is 0 Å². The molecule has 0 aromatic rings. The van der Waals surface area contributed by atoms with Gasteiger partial charge in [-0.1, -0.05) is 0 Å². The predicted molar refractivity (Wildman–Crippen MR) is 40.1 cm³/mol. The van der Waals surface area contributed by atoms with Gasteiger partial charge in [0.1, 0.15) is 6.17 Å². The van der Waals surface area contributed by atoms with Crippen LogP contribution in [0.2, 0.25) is 0 Å². The van der Waals surface area contributed by atoms with Crippen LogP contribution in [-0.2, 0) is 0 Å². The van der Waals surface area contributed by atoms with E-state index in [1.807, 2.05) is 0 Å². The third-order valence-electron chi connectivity index (χ3n) is 2.60. The minimum atomic E-state index is -1.01. The van der Waals surface area contributed by atoms with Crippen molar-refractivity contribution >= 4 is 0 Å². The number of aliphatic hydroxyl groups is 1. The van der Waals surface area contributed by atoms with Gasteiger partial charge in [-0.2, -0.15) is 0 Å². The number of likely N-dealkylation sites (tertiary alicyclic amines) is 1. The first-order valence-corrected chi connectivity index (χ1v) is 4.33. The van der Waals surface area contributed by atoms with E-state index >= 15 is 0 Å². The quantitative estimate of drug-likeness (QED) is 0.604. The SMILES string of the molecule is OC1CCN(C2CC2)CC1F. The summed E-state index contributed by atoms with van der Waals surface area (Å²) in [6.07, 6.45) is 1.35. The van der Waals surface area contributed by atoms with Crippen molar-refractivity contribution in [3.05, 3.63) is 0 Å². The van der Waals surface area contributed by atoms with Crippen LogP contribution in [0.1, 0.15) is 19.3 Å². The summed E-state index contributed by atoms with van der Waals surface area (Å²) in [4.78, 5) is 2.16. The van der Waals surface area contributed by atoms with Gasteiger partial charge in [0.2, 0.25) is 0 Å². The molecule has 64 valence electrons. The zero-order valence-electron chi connectivity index (χ0n) is 6.54. The molecule has 1 heterocycles. The Labute approximate surface area is 66.0 Å². The minimum absolute atomic E-state index is 0.450. The van der Waals surface area contributed by atoms with Crippen LogP contribution in [-0.4, -0.2) is 41.4 Å². The number of nitrogens with zero attached hydrogens (tertiary/aromatic N) is 1. The normalized spacial score (nSPS) is 40.9. The molecule has 2 nitrogen and oxygen atoms in total. The number of aliphatic hydroxyl groups excluding tert-OH is 1. The van der Waals surface area contributed by atoms with Crippen LogP contribution < -0.4 is 0 Å². The fourth-order valence-electron chi connectivity index (χ4n) is 1.69. The lowest BCUT2D eigenvalue weighted by Crippen LogP contribution is -2.45. The van der Waals surface area contributed by atoms with E-state index in [1.165, 1.54) is 12.8 Å². The van der Waals surface area contributed by atoms with Gasteiger partial charge < -0.3 is 5.11 Å². The third-order valence-corrected chi connectivity index (χ3v) is 2.60. The molecule has 0 amide bonds. The van der Waals surface area contributed by atoms with E-state index in [2.05, 4.69) is 4.90 Å². The average molecular weight is 159 g/mol. The maximum atomic E-state index is 12.9. The van der Waals surface area contributed by atoms with Crippen LogP contribution in [0.3, 0.4) is 0 Å². The third kappa shape index (κ3) is 1.54. The van der Waals surface area contributed by atoms with Crippen LogP contribution in [0.15, 0.2) is 0 Å². The number of piperidine rings is 1. The molecule has 1 saturated carbocycles. The molecular weight excluding hydrogens is 145 g/mol. The van der Waals surface area contributed by atoms with Gasteiger partial charge >= 0.3 is 0 Å². The van der Waals surface area contributed by atoms with Crippen molar-refractivity contribution in [2.24, 2.45) is 0 Å². The van der Waals surface area contributed by atoms with E-state index < -0.39 is 12.3 Å². The first-order valence-electron chi connectivity index (χ1n) is 4.33. The molecule has 2 atom stereocenters. The van der Waals surface area contributed by atoms with Crippen molar-refractivity contribution in [1.29, 1.82) is 0 Å². The van der Waals surface area contributed by atoms with Crippen molar-refractivity contribution in [1.82, 2.24) is 4.90 Å². The fourth-order valence-corrected chi connectivity index (χ4v) is 1.69. The highest BCUT2D eigenvalue weighted by atomic mass is 19.1. The predicted octanol–water partition coefficient (Wildman–Crippen LogP) is 0.554. The summed E-state index contributed by atoms with van der Waals surface area (Å²) in [6.45, 7) is 1.33. The van der Waals surface area contributed by atoms with E-state index in [4.69, 9.17) is 5.11 Å². The molecule has 1 N–H and O–H groups in total. The Kier molecular flexibility index (Phi) is 1.85. The highest BCUT2D eigenvalue weighted by Crippen LogP contribution is 2.29. The average Bonchev–Trinajstić information content (AvgIpc) is 2.77. The molecule has 1 saturated heterocycles. The second-order valence-corrected chi connectivity index (χ2v) is 3.60. The van der Waals surface area contributed by atoms with Crippen molar-refractivity contribution < 1.29 is 9.50 Å². The van der Waals surface area contributed by atoms with Crippen molar-refractivity contribution in [3.63, 3.8) is 0 Å². The van der Waals surface area contributed by atoms with Gasteiger partial charge in [0.25, 0.3) is 0 Å².